The largest absolute Gasteiger partial charge is 0.314 e. The first-order valence-electron chi connectivity index (χ1n) is 6.65. The molecule has 2 rings (SSSR count). The Labute approximate surface area is 103 Å². The molecule has 3 atom stereocenters. The monoisotopic (exact) mass is 237 g/mol. The third-order valence-corrected chi connectivity index (χ3v) is 3.72. The first kappa shape index (κ1) is 12.5. The molecule has 0 saturated heterocycles. The third-order valence-electron chi connectivity index (χ3n) is 3.72. The summed E-state index contributed by atoms with van der Waals surface area (Å²) in [7, 11) is 1.82. The minimum Gasteiger partial charge on any atom is -0.314 e. The Hall–Kier alpha value is -0.970. The van der Waals surface area contributed by atoms with Gasteiger partial charge in [0.2, 0.25) is 0 Å². The van der Waals surface area contributed by atoms with Gasteiger partial charge < -0.3 is 5.32 Å². The van der Waals surface area contributed by atoms with Gasteiger partial charge in [0.1, 0.15) is 0 Å². The Kier molecular flexibility index (Phi) is 4.10. The van der Waals surface area contributed by atoms with E-state index in [4.69, 9.17) is 0 Å². The molecular weight excluding hydrogens is 214 g/mol. The number of tetrazole rings is 1. The van der Waals surface area contributed by atoms with E-state index in [1.54, 1.807) is 0 Å². The SMILES string of the molecule is CCNC(Cc1nnn(C)n1)C1CCC(C)C1. The van der Waals surface area contributed by atoms with Crippen molar-refractivity contribution < 1.29 is 0 Å². The Morgan fingerprint density at radius 2 is 2.29 bits per heavy atom. The second-order valence-electron chi connectivity index (χ2n) is 5.24. The van der Waals surface area contributed by atoms with Gasteiger partial charge in [0.05, 0.1) is 7.05 Å². The van der Waals surface area contributed by atoms with E-state index in [0.29, 0.717) is 6.04 Å². The Morgan fingerprint density at radius 1 is 1.47 bits per heavy atom. The van der Waals surface area contributed by atoms with Crippen molar-refractivity contribution in [1.29, 1.82) is 0 Å². The van der Waals surface area contributed by atoms with E-state index in [1.807, 2.05) is 7.05 Å². The Bertz CT molecular complexity index is 348. The number of rotatable bonds is 5. The first-order valence-corrected chi connectivity index (χ1v) is 6.65. The predicted molar refractivity (Wildman–Crippen MR) is 66.5 cm³/mol. The average Bonchev–Trinajstić information content (AvgIpc) is 2.87. The van der Waals surface area contributed by atoms with Crippen LogP contribution in [0.15, 0.2) is 0 Å². The van der Waals surface area contributed by atoms with Gasteiger partial charge in [0, 0.05) is 12.5 Å². The highest BCUT2D eigenvalue weighted by molar-refractivity contribution is 4.91. The Morgan fingerprint density at radius 3 is 2.82 bits per heavy atom. The molecule has 0 aromatic carbocycles. The molecule has 1 aromatic rings. The normalized spacial score (nSPS) is 26.3. The molecular formula is C12H23N5. The molecule has 0 radical (unpaired) electrons. The summed E-state index contributed by atoms with van der Waals surface area (Å²) in [6.45, 7) is 5.52. The van der Waals surface area contributed by atoms with Crippen molar-refractivity contribution in [2.75, 3.05) is 6.54 Å². The van der Waals surface area contributed by atoms with Crippen molar-refractivity contribution in [1.82, 2.24) is 25.5 Å². The Balaban J connectivity index is 1.97. The van der Waals surface area contributed by atoms with E-state index < -0.39 is 0 Å². The lowest BCUT2D eigenvalue weighted by atomic mass is 9.94. The van der Waals surface area contributed by atoms with Gasteiger partial charge in [-0.25, -0.2) is 0 Å². The van der Waals surface area contributed by atoms with Gasteiger partial charge >= 0.3 is 0 Å². The highest BCUT2D eigenvalue weighted by atomic mass is 15.6. The van der Waals surface area contributed by atoms with Crippen molar-refractivity contribution in [2.24, 2.45) is 18.9 Å². The lowest BCUT2D eigenvalue weighted by Gasteiger charge is -2.23. The maximum Gasteiger partial charge on any atom is 0.176 e. The molecule has 17 heavy (non-hydrogen) atoms. The highest BCUT2D eigenvalue weighted by Crippen LogP contribution is 2.33. The van der Waals surface area contributed by atoms with Crippen molar-refractivity contribution >= 4 is 0 Å². The van der Waals surface area contributed by atoms with Crippen LogP contribution in [0.3, 0.4) is 0 Å². The van der Waals surface area contributed by atoms with Crippen LogP contribution < -0.4 is 5.32 Å². The smallest absolute Gasteiger partial charge is 0.176 e. The zero-order valence-corrected chi connectivity index (χ0v) is 11.1. The quantitative estimate of drug-likeness (QED) is 0.835. The van der Waals surface area contributed by atoms with Crippen LogP contribution >= 0.6 is 0 Å². The fourth-order valence-electron chi connectivity index (χ4n) is 2.89. The standard InChI is InChI=1S/C12H23N5/c1-4-13-11(10-6-5-9(2)7-10)8-12-14-16-17(3)15-12/h9-11,13H,4-8H2,1-3H3. The number of hydrogen-bond acceptors (Lipinski definition) is 4. The van der Waals surface area contributed by atoms with Crippen molar-refractivity contribution in [3.8, 4) is 0 Å². The van der Waals surface area contributed by atoms with Crippen LogP contribution in [0.25, 0.3) is 0 Å². The minimum absolute atomic E-state index is 0.508. The van der Waals surface area contributed by atoms with Crippen LogP contribution in [0.1, 0.15) is 38.9 Å². The van der Waals surface area contributed by atoms with Gasteiger partial charge in [-0.2, -0.15) is 4.80 Å². The molecule has 3 unspecified atom stereocenters. The molecule has 96 valence electrons. The van der Waals surface area contributed by atoms with Crippen molar-refractivity contribution in [3.63, 3.8) is 0 Å². The molecule has 5 nitrogen and oxygen atoms in total. The van der Waals surface area contributed by atoms with E-state index >= 15 is 0 Å². The predicted octanol–water partition coefficient (Wildman–Crippen LogP) is 1.17. The summed E-state index contributed by atoms with van der Waals surface area (Å²) >= 11 is 0. The van der Waals surface area contributed by atoms with E-state index in [9.17, 15) is 0 Å². The molecule has 1 N–H and O–H groups in total. The summed E-state index contributed by atoms with van der Waals surface area (Å²) in [6.07, 6.45) is 4.93. The van der Waals surface area contributed by atoms with Crippen LogP contribution in [-0.2, 0) is 13.5 Å². The molecule has 1 heterocycles. The third kappa shape index (κ3) is 3.25. The molecule has 1 saturated carbocycles. The van der Waals surface area contributed by atoms with Gasteiger partial charge in [0.25, 0.3) is 0 Å². The van der Waals surface area contributed by atoms with E-state index in [-0.39, 0.29) is 0 Å². The highest BCUT2D eigenvalue weighted by Gasteiger charge is 2.29. The molecule has 1 fully saturated rings. The minimum atomic E-state index is 0.508. The number of hydrogen-bond donors (Lipinski definition) is 1. The van der Waals surface area contributed by atoms with Crippen molar-refractivity contribution in [3.05, 3.63) is 5.82 Å². The second-order valence-corrected chi connectivity index (χ2v) is 5.24. The number of nitrogens with one attached hydrogen (secondary N) is 1. The number of aryl methyl sites for hydroxylation is 1. The van der Waals surface area contributed by atoms with Crippen LogP contribution in [0, 0.1) is 11.8 Å². The van der Waals surface area contributed by atoms with Gasteiger partial charge in [-0.1, -0.05) is 20.3 Å². The maximum atomic E-state index is 4.28. The number of nitrogens with zero attached hydrogens (tertiary/aromatic N) is 4. The van der Waals surface area contributed by atoms with E-state index in [0.717, 1.165) is 30.6 Å². The lowest BCUT2D eigenvalue weighted by molar-refractivity contribution is 0.349. The molecule has 1 aromatic heterocycles. The fraction of sp³-hybridized carbons (Fsp3) is 0.917. The topological polar surface area (TPSA) is 55.6 Å². The molecule has 1 aliphatic rings. The molecule has 5 heteroatoms. The zero-order valence-electron chi connectivity index (χ0n) is 11.1. The van der Waals surface area contributed by atoms with Crippen LogP contribution in [0.5, 0.6) is 0 Å². The summed E-state index contributed by atoms with van der Waals surface area (Å²) in [6, 6.07) is 0.508. The van der Waals surface area contributed by atoms with Crippen molar-refractivity contribution in [2.45, 2.75) is 45.6 Å². The molecule has 1 aliphatic carbocycles. The molecule has 0 spiro atoms. The maximum absolute atomic E-state index is 4.28. The van der Waals surface area contributed by atoms with Crippen LogP contribution in [-0.4, -0.2) is 32.8 Å². The summed E-state index contributed by atoms with van der Waals surface area (Å²) < 4.78 is 0. The van der Waals surface area contributed by atoms with Gasteiger partial charge in [-0.15, -0.1) is 10.2 Å². The van der Waals surface area contributed by atoms with Gasteiger partial charge in [-0.05, 0) is 36.4 Å². The number of aromatic nitrogens is 4. The summed E-state index contributed by atoms with van der Waals surface area (Å²) in [5.74, 6) is 2.50. The summed E-state index contributed by atoms with van der Waals surface area (Å²) in [5.41, 5.74) is 0. The lowest BCUT2D eigenvalue weighted by Crippen LogP contribution is -2.37. The molecule has 0 bridgehead atoms. The summed E-state index contributed by atoms with van der Waals surface area (Å²) in [4.78, 5) is 1.54. The fourth-order valence-corrected chi connectivity index (χ4v) is 2.89. The molecule has 0 amide bonds. The second kappa shape index (κ2) is 5.58. The first-order chi connectivity index (χ1) is 8.19. The number of likely N-dealkylation sites (N-methyl/N-ethyl adjacent to an activating group) is 1. The summed E-state index contributed by atoms with van der Waals surface area (Å²) in [5, 5.41) is 15.9. The van der Waals surface area contributed by atoms with Gasteiger partial charge in [0.15, 0.2) is 5.82 Å². The van der Waals surface area contributed by atoms with Crippen LogP contribution in [0.4, 0.5) is 0 Å². The average molecular weight is 237 g/mol. The van der Waals surface area contributed by atoms with E-state index in [2.05, 4.69) is 34.6 Å². The van der Waals surface area contributed by atoms with E-state index in [1.165, 1.54) is 24.1 Å². The van der Waals surface area contributed by atoms with Crippen LogP contribution in [0.2, 0.25) is 0 Å². The zero-order chi connectivity index (χ0) is 12.3. The molecule has 0 aliphatic heterocycles. The van der Waals surface area contributed by atoms with Gasteiger partial charge in [-0.3, -0.25) is 0 Å².